The van der Waals surface area contributed by atoms with E-state index >= 15 is 0 Å². The van der Waals surface area contributed by atoms with Gasteiger partial charge < -0.3 is 9.88 Å². The van der Waals surface area contributed by atoms with E-state index in [9.17, 15) is 4.79 Å². The zero-order chi connectivity index (χ0) is 15.8. The van der Waals surface area contributed by atoms with Crippen LogP contribution in [0.4, 0.5) is 0 Å². The van der Waals surface area contributed by atoms with Crippen molar-refractivity contribution >= 4 is 28.4 Å². The van der Waals surface area contributed by atoms with Crippen LogP contribution in [0.2, 0.25) is 5.02 Å². The molecule has 1 aliphatic carbocycles. The first-order valence-electron chi connectivity index (χ1n) is 7.84. The highest BCUT2D eigenvalue weighted by Crippen LogP contribution is 2.31. The highest BCUT2D eigenvalue weighted by molar-refractivity contribution is 6.30. The predicted octanol–water partition coefficient (Wildman–Crippen LogP) is 4.63. The average molecular weight is 325 g/mol. The number of aromatic nitrogens is 1. The summed E-state index contributed by atoms with van der Waals surface area (Å²) in [5.41, 5.74) is 2.94. The van der Waals surface area contributed by atoms with Gasteiger partial charge in [-0.3, -0.25) is 4.79 Å². The number of hydrogen-bond acceptors (Lipinski definition) is 1. The van der Waals surface area contributed by atoms with Gasteiger partial charge in [0.15, 0.2) is 0 Å². The summed E-state index contributed by atoms with van der Waals surface area (Å²) in [5.74, 6) is 0.0579. The number of rotatable bonds is 4. The van der Waals surface area contributed by atoms with E-state index in [0.29, 0.717) is 23.2 Å². The highest BCUT2D eigenvalue weighted by atomic mass is 35.5. The van der Waals surface area contributed by atoms with E-state index in [4.69, 9.17) is 11.6 Å². The number of carbonyl (C=O) groups excluding carboxylic acids is 1. The number of benzene rings is 2. The first kappa shape index (κ1) is 14.3. The summed E-state index contributed by atoms with van der Waals surface area (Å²) in [4.78, 5) is 18.1. The van der Waals surface area contributed by atoms with Crippen LogP contribution in [0.5, 0.6) is 0 Å². The summed E-state index contributed by atoms with van der Waals surface area (Å²) in [5, 5.41) is 1.77. The predicted molar refractivity (Wildman–Crippen MR) is 92.6 cm³/mol. The zero-order valence-electron chi connectivity index (χ0n) is 12.6. The van der Waals surface area contributed by atoms with Crippen molar-refractivity contribution in [2.24, 2.45) is 0 Å². The standard InChI is InChI=1S/C19H17ClN2O/c20-15-5-1-3-13(11-15)19(23)22(16-7-8-16)12-14-4-2-6-18-17(14)9-10-21-18/h1-6,9-11,16,21H,7-8,12H2. The summed E-state index contributed by atoms with van der Waals surface area (Å²) >= 11 is 6.04. The molecule has 0 spiro atoms. The maximum absolute atomic E-state index is 12.9. The zero-order valence-corrected chi connectivity index (χ0v) is 13.4. The second-order valence-electron chi connectivity index (χ2n) is 6.03. The van der Waals surface area contributed by atoms with Crippen molar-refractivity contribution < 1.29 is 4.79 Å². The fraction of sp³-hybridized carbons (Fsp3) is 0.211. The Kier molecular flexibility index (Phi) is 3.58. The molecule has 0 atom stereocenters. The lowest BCUT2D eigenvalue weighted by Gasteiger charge is -2.23. The van der Waals surface area contributed by atoms with E-state index in [1.54, 1.807) is 12.1 Å². The molecule has 1 fully saturated rings. The van der Waals surface area contributed by atoms with Crippen LogP contribution in [0.1, 0.15) is 28.8 Å². The minimum atomic E-state index is 0.0579. The Bertz CT molecular complexity index is 866. The highest BCUT2D eigenvalue weighted by Gasteiger charge is 2.33. The first-order chi connectivity index (χ1) is 11.2. The number of nitrogens with one attached hydrogen (secondary N) is 1. The molecule has 4 heteroatoms. The van der Waals surface area contributed by atoms with Crippen molar-refractivity contribution in [2.75, 3.05) is 0 Å². The molecule has 1 aliphatic rings. The van der Waals surface area contributed by atoms with E-state index in [1.165, 1.54) is 10.9 Å². The summed E-state index contributed by atoms with van der Waals surface area (Å²) in [6, 6.07) is 15.8. The van der Waals surface area contributed by atoms with Gasteiger partial charge in [-0.05, 0) is 48.7 Å². The third-order valence-corrected chi connectivity index (χ3v) is 4.58. The fourth-order valence-corrected chi connectivity index (χ4v) is 3.20. The van der Waals surface area contributed by atoms with Gasteiger partial charge in [-0.15, -0.1) is 0 Å². The van der Waals surface area contributed by atoms with Crippen LogP contribution < -0.4 is 0 Å². The van der Waals surface area contributed by atoms with Gasteiger partial charge in [-0.25, -0.2) is 0 Å². The lowest BCUT2D eigenvalue weighted by Crippen LogP contribution is -2.32. The minimum absolute atomic E-state index is 0.0579. The van der Waals surface area contributed by atoms with E-state index in [2.05, 4.69) is 23.2 Å². The molecule has 0 unspecified atom stereocenters. The molecule has 0 aliphatic heterocycles. The number of hydrogen-bond donors (Lipinski definition) is 1. The maximum atomic E-state index is 12.9. The molecule has 1 N–H and O–H groups in total. The number of fused-ring (bicyclic) bond motifs is 1. The molecule has 2 aromatic carbocycles. The van der Waals surface area contributed by atoms with Gasteiger partial charge in [0, 0.05) is 40.3 Å². The Labute approximate surface area is 139 Å². The normalized spacial score (nSPS) is 14.1. The Morgan fingerprint density at radius 1 is 1.17 bits per heavy atom. The van der Waals surface area contributed by atoms with E-state index in [-0.39, 0.29) is 5.91 Å². The van der Waals surface area contributed by atoms with E-state index < -0.39 is 0 Å². The maximum Gasteiger partial charge on any atom is 0.254 e. The van der Waals surface area contributed by atoms with Crippen molar-refractivity contribution in [3.63, 3.8) is 0 Å². The van der Waals surface area contributed by atoms with Gasteiger partial charge in [0.2, 0.25) is 0 Å². The molecule has 0 saturated heterocycles. The third-order valence-electron chi connectivity index (χ3n) is 4.35. The monoisotopic (exact) mass is 324 g/mol. The largest absolute Gasteiger partial charge is 0.361 e. The van der Waals surface area contributed by atoms with Crippen LogP contribution in [-0.4, -0.2) is 21.8 Å². The summed E-state index contributed by atoms with van der Waals surface area (Å²) in [6.07, 6.45) is 4.10. The molecule has 0 bridgehead atoms. The minimum Gasteiger partial charge on any atom is -0.361 e. The number of carbonyl (C=O) groups is 1. The van der Waals surface area contributed by atoms with Crippen molar-refractivity contribution in [3.8, 4) is 0 Å². The Morgan fingerprint density at radius 2 is 2.00 bits per heavy atom. The third kappa shape index (κ3) is 2.84. The second-order valence-corrected chi connectivity index (χ2v) is 6.47. The van der Waals surface area contributed by atoms with Crippen LogP contribution in [0.3, 0.4) is 0 Å². The SMILES string of the molecule is O=C(c1cccc(Cl)c1)N(Cc1cccc2[nH]ccc12)C1CC1. The second kappa shape index (κ2) is 5.74. The van der Waals surface area contributed by atoms with Crippen LogP contribution in [0.15, 0.2) is 54.7 Å². The molecule has 23 heavy (non-hydrogen) atoms. The molecule has 4 rings (SSSR count). The van der Waals surface area contributed by atoms with Crippen molar-refractivity contribution in [1.29, 1.82) is 0 Å². The molecule has 1 heterocycles. The van der Waals surface area contributed by atoms with Gasteiger partial charge in [0.25, 0.3) is 5.91 Å². The molecular formula is C19H17ClN2O. The molecule has 3 aromatic rings. The Balaban J connectivity index is 1.66. The lowest BCUT2D eigenvalue weighted by atomic mass is 10.1. The number of amides is 1. The summed E-state index contributed by atoms with van der Waals surface area (Å²) in [6.45, 7) is 0.630. The van der Waals surface area contributed by atoms with Crippen LogP contribution in [0, 0.1) is 0 Å². The molecule has 1 aromatic heterocycles. The summed E-state index contributed by atoms with van der Waals surface area (Å²) in [7, 11) is 0. The number of aromatic amines is 1. The topological polar surface area (TPSA) is 36.1 Å². The van der Waals surface area contributed by atoms with Crippen molar-refractivity contribution in [1.82, 2.24) is 9.88 Å². The average Bonchev–Trinajstić information content (AvgIpc) is 3.28. The van der Waals surface area contributed by atoms with Crippen LogP contribution in [0.25, 0.3) is 10.9 Å². The Morgan fingerprint density at radius 3 is 2.78 bits per heavy atom. The smallest absolute Gasteiger partial charge is 0.254 e. The number of H-pyrrole nitrogens is 1. The van der Waals surface area contributed by atoms with E-state index in [1.807, 2.05) is 29.3 Å². The van der Waals surface area contributed by atoms with Gasteiger partial charge in [0.1, 0.15) is 0 Å². The van der Waals surface area contributed by atoms with Crippen LogP contribution in [-0.2, 0) is 6.54 Å². The number of nitrogens with zero attached hydrogens (tertiary/aromatic N) is 1. The van der Waals surface area contributed by atoms with Gasteiger partial charge in [-0.2, -0.15) is 0 Å². The fourth-order valence-electron chi connectivity index (χ4n) is 3.01. The molecule has 1 amide bonds. The van der Waals surface area contributed by atoms with Crippen molar-refractivity contribution in [3.05, 3.63) is 70.9 Å². The quantitative estimate of drug-likeness (QED) is 0.746. The molecule has 0 radical (unpaired) electrons. The Hall–Kier alpha value is -2.26. The molecular weight excluding hydrogens is 308 g/mol. The molecule has 3 nitrogen and oxygen atoms in total. The first-order valence-corrected chi connectivity index (χ1v) is 8.22. The van der Waals surface area contributed by atoms with Gasteiger partial charge in [-0.1, -0.05) is 29.8 Å². The lowest BCUT2D eigenvalue weighted by molar-refractivity contribution is 0.0730. The van der Waals surface area contributed by atoms with Crippen LogP contribution >= 0.6 is 11.6 Å². The van der Waals surface area contributed by atoms with E-state index in [0.717, 1.165) is 18.4 Å². The molecule has 116 valence electrons. The summed E-state index contributed by atoms with van der Waals surface area (Å²) < 4.78 is 0. The number of halogens is 1. The van der Waals surface area contributed by atoms with Crippen molar-refractivity contribution in [2.45, 2.75) is 25.4 Å². The molecule has 1 saturated carbocycles. The van der Waals surface area contributed by atoms with Gasteiger partial charge >= 0.3 is 0 Å². The van der Waals surface area contributed by atoms with Gasteiger partial charge in [0.05, 0.1) is 0 Å².